The number of ether oxygens (including phenoxy) is 1. The van der Waals surface area contributed by atoms with Gasteiger partial charge in [0.05, 0.1) is 11.0 Å². The lowest BCUT2D eigenvalue weighted by Crippen LogP contribution is -2.32. The molecule has 12 heavy (non-hydrogen) atoms. The Labute approximate surface area is 73.7 Å². The average Bonchev–Trinajstić information content (AvgIpc) is 1.78. The van der Waals surface area contributed by atoms with Crippen LogP contribution in [0, 0.1) is 5.41 Å². The highest BCUT2D eigenvalue weighted by molar-refractivity contribution is 5.75. The van der Waals surface area contributed by atoms with Crippen molar-refractivity contribution in [3.05, 3.63) is 0 Å². The molecule has 0 amide bonds. The van der Waals surface area contributed by atoms with Crippen molar-refractivity contribution in [3.8, 4) is 0 Å². The summed E-state index contributed by atoms with van der Waals surface area (Å²) in [6, 6.07) is 0. The van der Waals surface area contributed by atoms with Crippen molar-refractivity contribution < 1.29 is 14.6 Å². The highest BCUT2D eigenvalue weighted by Gasteiger charge is 2.25. The molecule has 0 rings (SSSR count). The second-order valence-electron chi connectivity index (χ2n) is 4.64. The number of rotatable bonds is 2. The van der Waals surface area contributed by atoms with E-state index in [2.05, 4.69) is 0 Å². The number of carbonyl (C=O) groups is 1. The summed E-state index contributed by atoms with van der Waals surface area (Å²) in [6.07, 6.45) is 0. The van der Waals surface area contributed by atoms with Crippen LogP contribution >= 0.6 is 0 Å². The molecule has 0 spiro atoms. The number of hydrogen-bond donors (Lipinski definition) is 1. The third kappa shape index (κ3) is 5.13. The average molecular weight is 174 g/mol. The van der Waals surface area contributed by atoms with Gasteiger partial charge in [-0.25, -0.2) is 0 Å². The molecule has 1 N–H and O–H groups in total. The Kier molecular flexibility index (Phi) is 3.27. The molecule has 0 radical (unpaired) electrons. The molecular formula is C9H18O3. The van der Waals surface area contributed by atoms with Gasteiger partial charge in [0.1, 0.15) is 6.61 Å². The predicted octanol–water partition coefficient (Wildman–Crippen LogP) is 1.35. The van der Waals surface area contributed by atoms with Gasteiger partial charge in [0.2, 0.25) is 0 Å². The van der Waals surface area contributed by atoms with Crippen molar-refractivity contribution in [2.75, 3.05) is 6.61 Å². The fraction of sp³-hybridized carbons (Fsp3) is 0.889. The third-order valence-corrected chi connectivity index (χ3v) is 1.17. The normalized spacial score (nSPS) is 12.8. The molecule has 0 saturated heterocycles. The van der Waals surface area contributed by atoms with Crippen LogP contribution in [-0.2, 0) is 9.53 Å². The molecule has 0 aromatic carbocycles. The van der Waals surface area contributed by atoms with E-state index < -0.39 is 11.0 Å². The largest absolute Gasteiger partial charge is 0.462 e. The van der Waals surface area contributed by atoms with Crippen LogP contribution in [0.15, 0.2) is 0 Å². The molecule has 0 aliphatic carbocycles. The smallest absolute Gasteiger partial charge is 0.311 e. The first-order valence-electron chi connectivity index (χ1n) is 4.02. The summed E-state index contributed by atoms with van der Waals surface area (Å²) in [6.45, 7) is 8.58. The van der Waals surface area contributed by atoms with Gasteiger partial charge >= 0.3 is 5.97 Å². The van der Waals surface area contributed by atoms with Crippen LogP contribution in [0.2, 0.25) is 0 Å². The van der Waals surface area contributed by atoms with E-state index in [9.17, 15) is 9.90 Å². The van der Waals surface area contributed by atoms with Crippen molar-refractivity contribution in [3.63, 3.8) is 0 Å². The maximum absolute atomic E-state index is 11.2. The molecule has 0 aliphatic rings. The Hall–Kier alpha value is -0.570. The van der Waals surface area contributed by atoms with Crippen molar-refractivity contribution in [2.45, 2.75) is 40.2 Å². The van der Waals surface area contributed by atoms with E-state index in [4.69, 9.17) is 4.74 Å². The first kappa shape index (κ1) is 11.4. The van der Waals surface area contributed by atoms with Gasteiger partial charge in [-0.3, -0.25) is 4.79 Å². The summed E-state index contributed by atoms with van der Waals surface area (Å²) in [5, 5.41) is 9.26. The summed E-state index contributed by atoms with van der Waals surface area (Å²) in [4.78, 5) is 11.2. The van der Waals surface area contributed by atoms with E-state index in [1.54, 1.807) is 34.6 Å². The molecule has 0 unspecified atom stereocenters. The van der Waals surface area contributed by atoms with Crippen LogP contribution in [0.4, 0.5) is 0 Å². The maximum Gasteiger partial charge on any atom is 0.311 e. The maximum atomic E-state index is 11.2. The summed E-state index contributed by atoms with van der Waals surface area (Å²) in [7, 11) is 0. The minimum Gasteiger partial charge on any atom is -0.462 e. The van der Waals surface area contributed by atoms with Gasteiger partial charge in [-0.05, 0) is 34.6 Å². The van der Waals surface area contributed by atoms with Gasteiger partial charge in [-0.15, -0.1) is 0 Å². The molecule has 0 atom stereocenters. The molecule has 3 nitrogen and oxygen atoms in total. The highest BCUT2D eigenvalue weighted by Crippen LogP contribution is 2.16. The molecule has 0 aromatic rings. The Morgan fingerprint density at radius 3 is 1.92 bits per heavy atom. The fourth-order valence-corrected chi connectivity index (χ4v) is 0.459. The van der Waals surface area contributed by atoms with Crippen LogP contribution in [-0.4, -0.2) is 23.3 Å². The fourth-order valence-electron chi connectivity index (χ4n) is 0.459. The second-order valence-corrected chi connectivity index (χ2v) is 4.64. The molecule has 0 heterocycles. The van der Waals surface area contributed by atoms with Gasteiger partial charge in [-0.1, -0.05) is 0 Å². The number of carbonyl (C=O) groups excluding carboxylic acids is 1. The summed E-state index contributed by atoms with van der Waals surface area (Å²) in [5.74, 6) is -0.287. The summed E-state index contributed by atoms with van der Waals surface area (Å²) < 4.78 is 4.88. The first-order valence-corrected chi connectivity index (χ1v) is 4.02. The molecule has 0 aliphatic heterocycles. The van der Waals surface area contributed by atoms with E-state index in [1.165, 1.54) is 0 Å². The van der Waals surface area contributed by atoms with E-state index >= 15 is 0 Å². The van der Waals surface area contributed by atoms with E-state index in [1.807, 2.05) is 0 Å². The lowest BCUT2D eigenvalue weighted by atomic mass is 9.97. The molecular weight excluding hydrogens is 156 g/mol. The Morgan fingerprint density at radius 1 is 1.25 bits per heavy atom. The molecule has 0 aromatic heterocycles. The zero-order valence-corrected chi connectivity index (χ0v) is 8.47. The topological polar surface area (TPSA) is 46.5 Å². The lowest BCUT2D eigenvalue weighted by Gasteiger charge is -2.21. The Balaban J connectivity index is 3.90. The van der Waals surface area contributed by atoms with E-state index in [-0.39, 0.29) is 12.6 Å². The summed E-state index contributed by atoms with van der Waals surface area (Å²) in [5.41, 5.74) is -1.44. The number of hydrogen-bond acceptors (Lipinski definition) is 3. The molecule has 0 fully saturated rings. The van der Waals surface area contributed by atoms with Crippen LogP contribution in [0.5, 0.6) is 0 Å². The van der Waals surface area contributed by atoms with E-state index in [0.29, 0.717) is 0 Å². The zero-order chi connectivity index (χ0) is 9.99. The summed E-state index contributed by atoms with van der Waals surface area (Å²) >= 11 is 0. The van der Waals surface area contributed by atoms with Gasteiger partial charge in [-0.2, -0.15) is 0 Å². The predicted molar refractivity (Wildman–Crippen MR) is 46.7 cm³/mol. The first-order chi connectivity index (χ1) is 5.13. The quantitative estimate of drug-likeness (QED) is 0.643. The third-order valence-electron chi connectivity index (χ3n) is 1.17. The Morgan fingerprint density at radius 2 is 1.67 bits per heavy atom. The number of esters is 1. The molecule has 72 valence electrons. The van der Waals surface area contributed by atoms with Crippen LogP contribution in [0.25, 0.3) is 0 Å². The standard InChI is InChI=1S/C9H18O3/c1-8(2,3)7(10)12-6-9(4,5)11/h11H,6H2,1-5H3. The van der Waals surface area contributed by atoms with Crippen LogP contribution < -0.4 is 0 Å². The Bertz CT molecular complexity index is 160. The van der Waals surface area contributed by atoms with Crippen molar-refractivity contribution in [1.29, 1.82) is 0 Å². The molecule has 0 bridgehead atoms. The molecule has 3 heteroatoms. The van der Waals surface area contributed by atoms with Crippen molar-refractivity contribution in [2.24, 2.45) is 5.41 Å². The van der Waals surface area contributed by atoms with Gasteiger partial charge in [0, 0.05) is 0 Å². The minimum atomic E-state index is -0.944. The van der Waals surface area contributed by atoms with Gasteiger partial charge in [0.25, 0.3) is 0 Å². The van der Waals surface area contributed by atoms with Crippen molar-refractivity contribution in [1.82, 2.24) is 0 Å². The second kappa shape index (κ2) is 3.44. The van der Waals surface area contributed by atoms with E-state index in [0.717, 1.165) is 0 Å². The minimum absolute atomic E-state index is 0.0447. The van der Waals surface area contributed by atoms with Crippen LogP contribution in [0.1, 0.15) is 34.6 Å². The lowest BCUT2D eigenvalue weighted by molar-refractivity contribution is -0.159. The van der Waals surface area contributed by atoms with Crippen LogP contribution in [0.3, 0.4) is 0 Å². The number of aliphatic hydroxyl groups is 1. The zero-order valence-electron chi connectivity index (χ0n) is 8.47. The van der Waals surface area contributed by atoms with Crippen molar-refractivity contribution >= 4 is 5.97 Å². The van der Waals surface area contributed by atoms with Gasteiger partial charge < -0.3 is 9.84 Å². The van der Waals surface area contributed by atoms with Gasteiger partial charge in [0.15, 0.2) is 0 Å². The monoisotopic (exact) mass is 174 g/mol. The molecule has 0 saturated carbocycles. The highest BCUT2D eigenvalue weighted by atomic mass is 16.5. The SMILES string of the molecule is CC(C)(O)COC(=O)C(C)(C)C.